The maximum Gasteiger partial charge on any atom is 0.0772 e. The molecular formula is C16H25NO2. The molecule has 1 fully saturated rings. The maximum atomic E-state index is 10.5. The predicted octanol–water partition coefficient (Wildman–Crippen LogP) is 2.25. The SMILES string of the molecule is CC1CCC(O)(CN[C@@H](CO)c2ccccc2)CC1. The Balaban J connectivity index is 1.90. The van der Waals surface area contributed by atoms with E-state index in [1.54, 1.807) is 0 Å². The number of rotatable bonds is 5. The van der Waals surface area contributed by atoms with Crippen molar-refractivity contribution in [3.63, 3.8) is 0 Å². The summed E-state index contributed by atoms with van der Waals surface area (Å²) in [6.45, 7) is 2.85. The Kier molecular flexibility index (Phi) is 4.97. The van der Waals surface area contributed by atoms with Crippen LogP contribution in [0.3, 0.4) is 0 Å². The highest BCUT2D eigenvalue weighted by molar-refractivity contribution is 5.19. The Morgan fingerprint density at radius 2 is 1.89 bits per heavy atom. The van der Waals surface area contributed by atoms with Crippen LogP contribution < -0.4 is 5.32 Å². The van der Waals surface area contributed by atoms with Crippen LogP contribution in [0.4, 0.5) is 0 Å². The van der Waals surface area contributed by atoms with E-state index in [0.717, 1.165) is 37.2 Å². The van der Waals surface area contributed by atoms with Crippen molar-refractivity contribution >= 4 is 0 Å². The van der Waals surface area contributed by atoms with E-state index in [9.17, 15) is 10.2 Å². The van der Waals surface area contributed by atoms with Crippen molar-refractivity contribution in [3.05, 3.63) is 35.9 Å². The van der Waals surface area contributed by atoms with E-state index in [1.807, 2.05) is 30.3 Å². The summed E-state index contributed by atoms with van der Waals surface area (Å²) >= 11 is 0. The Bertz CT molecular complexity index is 372. The fourth-order valence-corrected chi connectivity index (χ4v) is 2.76. The zero-order valence-electron chi connectivity index (χ0n) is 11.7. The van der Waals surface area contributed by atoms with Gasteiger partial charge in [-0.05, 0) is 37.2 Å². The van der Waals surface area contributed by atoms with Gasteiger partial charge in [-0.3, -0.25) is 0 Å². The molecule has 3 heteroatoms. The number of hydrogen-bond donors (Lipinski definition) is 3. The molecule has 1 saturated carbocycles. The fraction of sp³-hybridized carbons (Fsp3) is 0.625. The van der Waals surface area contributed by atoms with Gasteiger partial charge in [0.2, 0.25) is 0 Å². The molecule has 3 N–H and O–H groups in total. The molecule has 0 heterocycles. The minimum Gasteiger partial charge on any atom is -0.394 e. The minimum absolute atomic E-state index is 0.0521. The topological polar surface area (TPSA) is 52.5 Å². The molecule has 1 atom stereocenters. The molecule has 0 spiro atoms. The first-order valence-electron chi connectivity index (χ1n) is 7.24. The Morgan fingerprint density at radius 1 is 1.26 bits per heavy atom. The van der Waals surface area contributed by atoms with Crippen LogP contribution in [0.1, 0.15) is 44.2 Å². The van der Waals surface area contributed by atoms with Gasteiger partial charge in [0, 0.05) is 6.54 Å². The van der Waals surface area contributed by atoms with Gasteiger partial charge in [-0.15, -0.1) is 0 Å². The zero-order chi connectivity index (χ0) is 13.7. The predicted molar refractivity (Wildman–Crippen MR) is 76.9 cm³/mol. The van der Waals surface area contributed by atoms with Crippen LogP contribution in [-0.2, 0) is 0 Å². The van der Waals surface area contributed by atoms with Gasteiger partial charge in [0.15, 0.2) is 0 Å². The van der Waals surface area contributed by atoms with Crippen LogP contribution in [0.15, 0.2) is 30.3 Å². The molecule has 106 valence electrons. The van der Waals surface area contributed by atoms with Crippen molar-refractivity contribution in [1.82, 2.24) is 5.32 Å². The third-order valence-electron chi connectivity index (χ3n) is 4.27. The molecule has 0 unspecified atom stereocenters. The lowest BCUT2D eigenvalue weighted by atomic mass is 9.79. The normalized spacial score (nSPS) is 29.1. The van der Waals surface area contributed by atoms with E-state index >= 15 is 0 Å². The first kappa shape index (κ1) is 14.5. The molecular weight excluding hydrogens is 238 g/mol. The summed E-state index contributed by atoms with van der Waals surface area (Å²) in [6.07, 6.45) is 3.89. The lowest BCUT2D eigenvalue weighted by Crippen LogP contribution is -2.44. The van der Waals surface area contributed by atoms with Crippen molar-refractivity contribution < 1.29 is 10.2 Å². The van der Waals surface area contributed by atoms with E-state index in [2.05, 4.69) is 12.2 Å². The minimum atomic E-state index is -0.602. The highest BCUT2D eigenvalue weighted by Gasteiger charge is 2.32. The van der Waals surface area contributed by atoms with Crippen LogP contribution in [0.2, 0.25) is 0 Å². The van der Waals surface area contributed by atoms with Gasteiger partial charge in [0.25, 0.3) is 0 Å². The summed E-state index contributed by atoms with van der Waals surface area (Å²) in [5, 5.41) is 23.3. The first-order valence-corrected chi connectivity index (χ1v) is 7.24. The van der Waals surface area contributed by atoms with Crippen LogP contribution in [0, 0.1) is 5.92 Å². The van der Waals surface area contributed by atoms with E-state index < -0.39 is 5.60 Å². The molecule has 1 aromatic carbocycles. The Labute approximate surface area is 115 Å². The Morgan fingerprint density at radius 3 is 2.47 bits per heavy atom. The third kappa shape index (κ3) is 4.03. The second-order valence-corrected chi connectivity index (χ2v) is 5.93. The summed E-state index contributed by atoms with van der Waals surface area (Å²) in [7, 11) is 0. The number of hydrogen-bond acceptors (Lipinski definition) is 3. The quantitative estimate of drug-likeness (QED) is 0.763. The second kappa shape index (κ2) is 6.51. The van der Waals surface area contributed by atoms with Gasteiger partial charge >= 0.3 is 0 Å². The highest BCUT2D eigenvalue weighted by atomic mass is 16.3. The molecule has 0 aliphatic heterocycles. The summed E-state index contributed by atoms with van der Waals surface area (Å²) in [4.78, 5) is 0. The van der Waals surface area contributed by atoms with Gasteiger partial charge in [-0.25, -0.2) is 0 Å². The van der Waals surface area contributed by atoms with Gasteiger partial charge < -0.3 is 15.5 Å². The number of nitrogens with one attached hydrogen (secondary N) is 1. The highest BCUT2D eigenvalue weighted by Crippen LogP contribution is 2.31. The molecule has 1 aliphatic carbocycles. The van der Waals surface area contributed by atoms with Crippen molar-refractivity contribution in [2.75, 3.05) is 13.2 Å². The van der Waals surface area contributed by atoms with Crippen LogP contribution in [-0.4, -0.2) is 29.0 Å². The van der Waals surface area contributed by atoms with Gasteiger partial charge in [-0.1, -0.05) is 37.3 Å². The molecule has 0 amide bonds. The fourth-order valence-electron chi connectivity index (χ4n) is 2.76. The third-order valence-corrected chi connectivity index (χ3v) is 4.27. The van der Waals surface area contributed by atoms with E-state index in [1.165, 1.54) is 0 Å². The second-order valence-electron chi connectivity index (χ2n) is 5.93. The molecule has 0 bridgehead atoms. The van der Waals surface area contributed by atoms with Crippen molar-refractivity contribution in [3.8, 4) is 0 Å². The largest absolute Gasteiger partial charge is 0.394 e. The number of aliphatic hydroxyl groups excluding tert-OH is 1. The van der Waals surface area contributed by atoms with Crippen molar-refractivity contribution in [2.45, 2.75) is 44.2 Å². The molecule has 0 saturated heterocycles. The molecule has 1 aliphatic rings. The van der Waals surface area contributed by atoms with E-state index in [4.69, 9.17) is 0 Å². The molecule has 3 nitrogen and oxygen atoms in total. The lowest BCUT2D eigenvalue weighted by molar-refractivity contribution is -0.00956. The lowest BCUT2D eigenvalue weighted by Gasteiger charge is -2.36. The van der Waals surface area contributed by atoms with E-state index in [-0.39, 0.29) is 12.6 Å². The summed E-state index contributed by atoms with van der Waals surface area (Å²) < 4.78 is 0. The summed E-state index contributed by atoms with van der Waals surface area (Å²) in [6, 6.07) is 9.81. The Hall–Kier alpha value is -0.900. The number of aliphatic hydroxyl groups is 2. The standard InChI is InChI=1S/C16H25NO2/c1-13-7-9-16(19,10-8-13)12-17-15(11-18)14-5-3-2-4-6-14/h2-6,13,15,17-19H,7-12H2,1H3/t13?,15-,16?/m0/s1. The van der Waals surface area contributed by atoms with Crippen LogP contribution in [0.25, 0.3) is 0 Å². The monoisotopic (exact) mass is 263 g/mol. The van der Waals surface area contributed by atoms with Gasteiger partial charge in [-0.2, -0.15) is 0 Å². The summed E-state index contributed by atoms with van der Waals surface area (Å²) in [5.74, 6) is 0.725. The summed E-state index contributed by atoms with van der Waals surface area (Å²) in [5.41, 5.74) is 0.465. The average molecular weight is 263 g/mol. The van der Waals surface area contributed by atoms with E-state index in [0.29, 0.717) is 6.54 Å². The van der Waals surface area contributed by atoms with Gasteiger partial charge in [0.1, 0.15) is 0 Å². The number of benzene rings is 1. The maximum absolute atomic E-state index is 10.5. The molecule has 19 heavy (non-hydrogen) atoms. The molecule has 0 aromatic heterocycles. The van der Waals surface area contributed by atoms with Crippen LogP contribution >= 0.6 is 0 Å². The molecule has 0 radical (unpaired) electrons. The molecule has 2 rings (SSSR count). The van der Waals surface area contributed by atoms with Crippen molar-refractivity contribution in [1.29, 1.82) is 0 Å². The smallest absolute Gasteiger partial charge is 0.0772 e. The first-order chi connectivity index (χ1) is 9.13. The zero-order valence-corrected chi connectivity index (χ0v) is 11.7. The van der Waals surface area contributed by atoms with Crippen molar-refractivity contribution in [2.24, 2.45) is 5.92 Å². The van der Waals surface area contributed by atoms with Gasteiger partial charge in [0.05, 0.1) is 18.2 Å². The average Bonchev–Trinajstić information content (AvgIpc) is 2.44. The molecule has 1 aromatic rings. The van der Waals surface area contributed by atoms with Crippen LogP contribution in [0.5, 0.6) is 0 Å².